The summed E-state index contributed by atoms with van der Waals surface area (Å²) >= 11 is 12.3. The monoisotopic (exact) mass is 504 g/mol. The van der Waals surface area contributed by atoms with Crippen LogP contribution in [0.4, 0.5) is 5.69 Å². The number of halogens is 2. The van der Waals surface area contributed by atoms with Crippen molar-refractivity contribution >= 4 is 44.8 Å². The van der Waals surface area contributed by atoms with Crippen LogP contribution in [0.5, 0.6) is 0 Å². The summed E-state index contributed by atoms with van der Waals surface area (Å²) in [5.41, 5.74) is 3.21. The Morgan fingerprint density at radius 3 is 1.94 bits per heavy atom. The number of anilines is 1. The van der Waals surface area contributed by atoms with Crippen molar-refractivity contribution in [3.05, 3.63) is 93.5 Å². The Kier molecular flexibility index (Phi) is 8.05. The molecule has 1 N–H and O–H groups in total. The van der Waals surface area contributed by atoms with Gasteiger partial charge >= 0.3 is 0 Å². The Bertz CT molecular complexity index is 1210. The number of nitrogens with zero attached hydrogens (tertiary/aromatic N) is 1. The third-order valence-corrected chi connectivity index (χ3v) is 7.48. The molecule has 33 heavy (non-hydrogen) atoms. The maximum absolute atomic E-state index is 13.5. The first-order chi connectivity index (χ1) is 15.6. The van der Waals surface area contributed by atoms with E-state index in [1.807, 2.05) is 45.0 Å². The van der Waals surface area contributed by atoms with Crippen molar-refractivity contribution in [1.29, 1.82) is 0 Å². The highest BCUT2D eigenvalue weighted by molar-refractivity contribution is 7.92. The van der Waals surface area contributed by atoms with Crippen LogP contribution < -0.4 is 9.62 Å². The molecule has 0 unspecified atom stereocenters. The fourth-order valence-electron chi connectivity index (χ4n) is 3.43. The summed E-state index contributed by atoms with van der Waals surface area (Å²) in [6.07, 6.45) is 0.655. The van der Waals surface area contributed by atoms with Crippen LogP contribution in [0, 0.1) is 13.8 Å². The van der Waals surface area contributed by atoms with Gasteiger partial charge in [-0.2, -0.15) is 0 Å². The lowest BCUT2D eigenvalue weighted by Gasteiger charge is -2.26. The number of sulfonamides is 1. The van der Waals surface area contributed by atoms with Crippen molar-refractivity contribution in [2.45, 2.75) is 38.1 Å². The van der Waals surface area contributed by atoms with Gasteiger partial charge < -0.3 is 5.32 Å². The fraction of sp³-hybridized carbons (Fsp3) is 0.240. The minimum absolute atomic E-state index is 0.0718. The Labute approximate surface area is 205 Å². The minimum atomic E-state index is -4.06. The molecule has 0 spiro atoms. The zero-order valence-corrected chi connectivity index (χ0v) is 21.0. The minimum Gasteiger partial charge on any atom is -0.348 e. The molecule has 0 aliphatic rings. The molecule has 0 radical (unpaired) electrons. The van der Waals surface area contributed by atoms with Crippen molar-refractivity contribution in [2.75, 3.05) is 10.8 Å². The van der Waals surface area contributed by atoms with Crippen molar-refractivity contribution in [3.63, 3.8) is 0 Å². The molecule has 0 fully saturated rings. The zero-order valence-electron chi connectivity index (χ0n) is 18.7. The van der Waals surface area contributed by atoms with Crippen LogP contribution >= 0.6 is 23.2 Å². The number of rotatable bonds is 8. The number of carbonyl (C=O) groups excluding carboxylic acids is 1. The van der Waals surface area contributed by atoms with E-state index >= 15 is 0 Å². The highest BCUT2D eigenvalue weighted by atomic mass is 35.5. The second kappa shape index (κ2) is 10.6. The Balaban J connectivity index is 1.94. The molecule has 0 saturated heterocycles. The van der Waals surface area contributed by atoms with Gasteiger partial charge in [0.1, 0.15) is 6.54 Å². The van der Waals surface area contributed by atoms with Crippen molar-refractivity contribution < 1.29 is 13.2 Å². The van der Waals surface area contributed by atoms with Crippen molar-refractivity contribution in [3.8, 4) is 0 Å². The van der Waals surface area contributed by atoms with E-state index < -0.39 is 22.5 Å². The molecule has 3 aromatic carbocycles. The fourth-order valence-corrected chi connectivity index (χ4v) is 5.35. The smallest absolute Gasteiger partial charge is 0.264 e. The van der Waals surface area contributed by atoms with E-state index in [4.69, 9.17) is 23.2 Å². The quantitative estimate of drug-likeness (QED) is 0.404. The van der Waals surface area contributed by atoms with Gasteiger partial charge in [0.25, 0.3) is 10.0 Å². The first kappa shape index (κ1) is 25.1. The van der Waals surface area contributed by atoms with Gasteiger partial charge in [0, 0.05) is 10.0 Å². The van der Waals surface area contributed by atoms with Crippen LogP contribution in [-0.2, 0) is 14.8 Å². The molecule has 1 amide bonds. The van der Waals surface area contributed by atoms with E-state index in [1.165, 1.54) is 30.3 Å². The van der Waals surface area contributed by atoms with Gasteiger partial charge in [-0.15, -0.1) is 0 Å². The molecule has 1 atom stereocenters. The highest BCUT2D eigenvalue weighted by Gasteiger charge is 2.28. The van der Waals surface area contributed by atoms with Crippen molar-refractivity contribution in [2.24, 2.45) is 0 Å². The lowest BCUT2D eigenvalue weighted by molar-refractivity contribution is -0.120. The van der Waals surface area contributed by atoms with Gasteiger partial charge in [0.15, 0.2) is 0 Å². The highest BCUT2D eigenvalue weighted by Crippen LogP contribution is 2.30. The maximum Gasteiger partial charge on any atom is 0.264 e. The normalized spacial score (nSPS) is 12.3. The summed E-state index contributed by atoms with van der Waals surface area (Å²) in [6, 6.07) is 18.5. The summed E-state index contributed by atoms with van der Waals surface area (Å²) in [5.74, 6) is -0.436. The van der Waals surface area contributed by atoms with Crippen LogP contribution in [0.1, 0.15) is 36.1 Å². The summed E-state index contributed by atoms with van der Waals surface area (Å²) in [7, 11) is -4.06. The number of amides is 1. The van der Waals surface area contributed by atoms with Gasteiger partial charge in [-0.25, -0.2) is 8.42 Å². The Hall–Kier alpha value is -2.54. The lowest BCUT2D eigenvalue weighted by atomic mass is 10.0. The van der Waals surface area contributed by atoms with Crippen LogP contribution in [0.3, 0.4) is 0 Å². The standard InChI is InChI=1S/C25H26Cl2N2O3S/c1-4-24(19-9-5-17(2)6-10-19)28-25(30)16-29(22-14-20(26)13-21(27)15-22)33(31,32)23-11-7-18(3)8-12-23/h5-15,24H,4,16H2,1-3H3,(H,28,30)/t24-/m1/s1. The topological polar surface area (TPSA) is 66.5 Å². The Morgan fingerprint density at radius 1 is 0.909 bits per heavy atom. The molecule has 0 saturated carbocycles. The van der Waals surface area contributed by atoms with Crippen LogP contribution in [0.2, 0.25) is 10.0 Å². The molecular formula is C25H26Cl2N2O3S. The molecule has 0 bridgehead atoms. The van der Waals surface area contributed by atoms with Crippen LogP contribution in [-0.4, -0.2) is 20.9 Å². The van der Waals surface area contributed by atoms with Crippen LogP contribution in [0.25, 0.3) is 0 Å². The number of hydrogen-bond donors (Lipinski definition) is 1. The van der Waals surface area contributed by atoms with E-state index in [1.54, 1.807) is 12.1 Å². The molecule has 8 heteroatoms. The largest absolute Gasteiger partial charge is 0.348 e. The Morgan fingerprint density at radius 2 is 1.42 bits per heavy atom. The zero-order chi connectivity index (χ0) is 24.2. The molecule has 0 aromatic heterocycles. The lowest BCUT2D eigenvalue weighted by Crippen LogP contribution is -2.42. The van der Waals surface area contributed by atoms with E-state index in [0.29, 0.717) is 6.42 Å². The van der Waals surface area contributed by atoms with Crippen LogP contribution in [0.15, 0.2) is 71.6 Å². The van der Waals surface area contributed by atoms with Gasteiger partial charge in [-0.1, -0.05) is 77.7 Å². The number of benzene rings is 3. The SMILES string of the molecule is CC[C@@H](NC(=O)CN(c1cc(Cl)cc(Cl)c1)S(=O)(=O)c1ccc(C)cc1)c1ccc(C)cc1. The summed E-state index contributed by atoms with van der Waals surface area (Å²) in [5, 5.41) is 3.50. The van der Waals surface area contributed by atoms with Gasteiger partial charge in [0.2, 0.25) is 5.91 Å². The molecule has 5 nitrogen and oxygen atoms in total. The molecule has 0 aliphatic heterocycles. The van der Waals surface area contributed by atoms with E-state index in [0.717, 1.165) is 21.0 Å². The molecular weight excluding hydrogens is 479 g/mol. The summed E-state index contributed by atoms with van der Waals surface area (Å²) in [4.78, 5) is 13.1. The van der Waals surface area contributed by atoms with Gasteiger partial charge in [-0.3, -0.25) is 9.10 Å². The van der Waals surface area contributed by atoms with Gasteiger partial charge in [0.05, 0.1) is 16.6 Å². The van der Waals surface area contributed by atoms with Gasteiger partial charge in [-0.05, 0) is 56.2 Å². The van der Waals surface area contributed by atoms with E-state index in [9.17, 15) is 13.2 Å². The van der Waals surface area contributed by atoms with Crippen molar-refractivity contribution in [1.82, 2.24) is 5.32 Å². The third kappa shape index (κ3) is 6.28. The first-order valence-corrected chi connectivity index (χ1v) is 12.7. The number of nitrogens with one attached hydrogen (secondary N) is 1. The third-order valence-electron chi connectivity index (χ3n) is 5.25. The molecule has 3 rings (SSSR count). The second-order valence-corrected chi connectivity index (χ2v) is 10.6. The van der Waals surface area contributed by atoms with E-state index in [-0.39, 0.29) is 26.7 Å². The number of hydrogen-bond acceptors (Lipinski definition) is 3. The average molecular weight is 505 g/mol. The number of carbonyl (C=O) groups is 1. The predicted molar refractivity (Wildman–Crippen MR) is 135 cm³/mol. The first-order valence-electron chi connectivity index (χ1n) is 10.5. The second-order valence-electron chi connectivity index (χ2n) is 7.89. The molecule has 0 heterocycles. The summed E-state index contributed by atoms with van der Waals surface area (Å²) < 4.78 is 28.1. The maximum atomic E-state index is 13.5. The molecule has 3 aromatic rings. The molecule has 0 aliphatic carbocycles. The average Bonchev–Trinajstić information content (AvgIpc) is 2.76. The summed E-state index contributed by atoms with van der Waals surface area (Å²) in [6.45, 7) is 5.40. The number of aryl methyl sites for hydroxylation is 2. The van der Waals surface area contributed by atoms with E-state index in [2.05, 4.69) is 5.32 Å². The predicted octanol–water partition coefficient (Wildman–Crippen LogP) is 6.07. The molecule has 174 valence electrons.